The van der Waals surface area contributed by atoms with Gasteiger partial charge in [-0.05, 0) is 18.4 Å². The Labute approximate surface area is 169 Å². The van der Waals surface area contributed by atoms with Gasteiger partial charge in [-0.2, -0.15) is 5.10 Å². The minimum atomic E-state index is -0.842. The summed E-state index contributed by atoms with van der Waals surface area (Å²) in [6.45, 7) is 1.37. The van der Waals surface area contributed by atoms with Crippen LogP contribution in [-0.4, -0.2) is 44.8 Å². The van der Waals surface area contributed by atoms with Crippen LogP contribution in [0.15, 0.2) is 66.9 Å². The standard InChI is InChI=1S/C23H23N3O3/c27-22(25-13-7-12-19(15-25)23(28)29)20-16-26(14-17-8-3-1-4-9-17)24-21(20)18-10-5-2-6-11-18/h1-6,8-11,16,19H,7,12-15H2,(H,28,29)/t19-/m0/s1. The highest BCUT2D eigenvalue weighted by Gasteiger charge is 2.30. The van der Waals surface area contributed by atoms with Gasteiger partial charge in [-0.25, -0.2) is 0 Å². The zero-order chi connectivity index (χ0) is 20.2. The predicted molar refractivity (Wildman–Crippen MR) is 109 cm³/mol. The van der Waals surface area contributed by atoms with Gasteiger partial charge >= 0.3 is 5.97 Å². The number of benzene rings is 2. The summed E-state index contributed by atoms with van der Waals surface area (Å²) in [4.78, 5) is 26.4. The van der Waals surface area contributed by atoms with E-state index in [9.17, 15) is 14.7 Å². The second kappa shape index (κ2) is 8.31. The van der Waals surface area contributed by atoms with E-state index in [-0.39, 0.29) is 12.5 Å². The van der Waals surface area contributed by atoms with Crippen molar-refractivity contribution in [2.24, 2.45) is 5.92 Å². The number of amides is 1. The molecule has 1 fully saturated rings. The zero-order valence-corrected chi connectivity index (χ0v) is 16.1. The van der Waals surface area contributed by atoms with Gasteiger partial charge in [0.25, 0.3) is 5.91 Å². The van der Waals surface area contributed by atoms with E-state index in [2.05, 4.69) is 0 Å². The summed E-state index contributed by atoms with van der Waals surface area (Å²) in [6.07, 6.45) is 3.08. The largest absolute Gasteiger partial charge is 0.481 e. The number of carboxylic acids is 1. The molecule has 148 valence electrons. The molecule has 1 aliphatic rings. The summed E-state index contributed by atoms with van der Waals surface area (Å²) < 4.78 is 1.78. The van der Waals surface area contributed by atoms with Crippen LogP contribution < -0.4 is 0 Å². The highest BCUT2D eigenvalue weighted by atomic mass is 16.4. The van der Waals surface area contributed by atoms with E-state index < -0.39 is 11.9 Å². The Morgan fingerprint density at radius 2 is 1.72 bits per heavy atom. The zero-order valence-electron chi connectivity index (χ0n) is 16.1. The van der Waals surface area contributed by atoms with Crippen molar-refractivity contribution < 1.29 is 14.7 Å². The predicted octanol–water partition coefficient (Wildman–Crippen LogP) is 3.54. The molecule has 0 spiro atoms. The van der Waals surface area contributed by atoms with E-state index in [0.29, 0.717) is 37.2 Å². The third-order valence-electron chi connectivity index (χ3n) is 5.28. The van der Waals surface area contributed by atoms with Crippen LogP contribution in [0.1, 0.15) is 28.8 Å². The first kappa shape index (κ1) is 18.9. The number of aromatic nitrogens is 2. The minimum Gasteiger partial charge on any atom is -0.481 e. The van der Waals surface area contributed by atoms with Crippen molar-refractivity contribution in [1.82, 2.24) is 14.7 Å². The Bertz CT molecular complexity index is 999. The Morgan fingerprint density at radius 1 is 1.03 bits per heavy atom. The molecule has 1 aromatic heterocycles. The normalized spacial score (nSPS) is 16.6. The van der Waals surface area contributed by atoms with Crippen molar-refractivity contribution in [2.75, 3.05) is 13.1 Å². The number of hydrogen-bond donors (Lipinski definition) is 1. The molecule has 3 aromatic rings. The second-order valence-electron chi connectivity index (χ2n) is 7.37. The average Bonchev–Trinajstić information content (AvgIpc) is 3.18. The molecule has 1 saturated heterocycles. The van der Waals surface area contributed by atoms with Gasteiger partial charge in [0.2, 0.25) is 0 Å². The number of nitrogens with zero attached hydrogens (tertiary/aromatic N) is 3. The van der Waals surface area contributed by atoms with E-state index >= 15 is 0 Å². The van der Waals surface area contributed by atoms with Crippen LogP contribution in [0.5, 0.6) is 0 Å². The van der Waals surface area contributed by atoms with E-state index in [4.69, 9.17) is 5.10 Å². The molecular weight excluding hydrogens is 366 g/mol. The fourth-order valence-corrected chi connectivity index (χ4v) is 3.77. The van der Waals surface area contributed by atoms with Gasteiger partial charge in [0, 0.05) is 24.8 Å². The Balaban J connectivity index is 1.67. The van der Waals surface area contributed by atoms with Crippen LogP contribution in [-0.2, 0) is 11.3 Å². The number of carbonyl (C=O) groups is 2. The van der Waals surface area contributed by atoms with E-state index in [1.165, 1.54) is 0 Å². The molecule has 0 unspecified atom stereocenters. The maximum absolute atomic E-state index is 13.3. The van der Waals surface area contributed by atoms with Gasteiger partial charge in [-0.3, -0.25) is 14.3 Å². The molecule has 2 aromatic carbocycles. The van der Waals surface area contributed by atoms with Crippen LogP contribution in [0.3, 0.4) is 0 Å². The molecule has 1 atom stereocenters. The number of aliphatic carboxylic acids is 1. The molecule has 0 radical (unpaired) electrons. The average molecular weight is 389 g/mol. The topological polar surface area (TPSA) is 75.4 Å². The molecule has 4 rings (SSSR count). The quantitative estimate of drug-likeness (QED) is 0.724. The van der Waals surface area contributed by atoms with E-state index in [1.807, 2.05) is 60.7 Å². The van der Waals surface area contributed by atoms with Crippen molar-refractivity contribution in [2.45, 2.75) is 19.4 Å². The van der Waals surface area contributed by atoms with Crippen LogP contribution in [0.2, 0.25) is 0 Å². The van der Waals surface area contributed by atoms with E-state index in [0.717, 1.165) is 11.1 Å². The highest BCUT2D eigenvalue weighted by molar-refractivity contribution is 6.00. The van der Waals surface area contributed by atoms with Crippen molar-refractivity contribution in [3.05, 3.63) is 78.0 Å². The molecule has 0 aliphatic carbocycles. The summed E-state index contributed by atoms with van der Waals surface area (Å²) in [5.41, 5.74) is 3.11. The lowest BCUT2D eigenvalue weighted by Crippen LogP contribution is -2.42. The lowest BCUT2D eigenvalue weighted by atomic mass is 9.97. The number of piperidine rings is 1. The highest BCUT2D eigenvalue weighted by Crippen LogP contribution is 2.26. The van der Waals surface area contributed by atoms with Crippen molar-refractivity contribution in [1.29, 1.82) is 0 Å². The number of likely N-dealkylation sites (tertiary alicyclic amines) is 1. The smallest absolute Gasteiger partial charge is 0.308 e. The third-order valence-corrected chi connectivity index (χ3v) is 5.28. The molecule has 1 aliphatic heterocycles. The molecule has 1 amide bonds. The third kappa shape index (κ3) is 4.21. The van der Waals surface area contributed by atoms with Crippen molar-refractivity contribution >= 4 is 11.9 Å². The van der Waals surface area contributed by atoms with Gasteiger partial charge in [-0.1, -0.05) is 60.7 Å². The summed E-state index contributed by atoms with van der Waals surface area (Å²) >= 11 is 0. The van der Waals surface area contributed by atoms with Gasteiger partial charge in [-0.15, -0.1) is 0 Å². The monoisotopic (exact) mass is 389 g/mol. The first-order chi connectivity index (χ1) is 14.1. The maximum atomic E-state index is 13.3. The Hall–Kier alpha value is -3.41. The van der Waals surface area contributed by atoms with Crippen molar-refractivity contribution in [3.8, 4) is 11.3 Å². The lowest BCUT2D eigenvalue weighted by molar-refractivity contribution is -0.143. The van der Waals surface area contributed by atoms with Gasteiger partial charge in [0.15, 0.2) is 0 Å². The number of hydrogen-bond acceptors (Lipinski definition) is 3. The summed E-state index contributed by atoms with van der Waals surface area (Å²) in [6, 6.07) is 19.6. The number of carbonyl (C=O) groups excluding carboxylic acids is 1. The molecule has 0 bridgehead atoms. The van der Waals surface area contributed by atoms with Crippen LogP contribution >= 0.6 is 0 Å². The minimum absolute atomic E-state index is 0.158. The van der Waals surface area contributed by atoms with Gasteiger partial charge in [0.05, 0.1) is 18.0 Å². The Morgan fingerprint density at radius 3 is 2.41 bits per heavy atom. The Kier molecular flexibility index (Phi) is 5.42. The molecule has 29 heavy (non-hydrogen) atoms. The van der Waals surface area contributed by atoms with Crippen LogP contribution in [0, 0.1) is 5.92 Å². The van der Waals surface area contributed by atoms with Gasteiger partial charge < -0.3 is 10.0 Å². The fourth-order valence-electron chi connectivity index (χ4n) is 3.77. The molecule has 2 heterocycles. The molecular formula is C23H23N3O3. The summed E-state index contributed by atoms with van der Waals surface area (Å²) in [5.74, 6) is -1.51. The summed E-state index contributed by atoms with van der Waals surface area (Å²) in [5, 5.41) is 14.1. The molecule has 0 saturated carbocycles. The first-order valence-electron chi connectivity index (χ1n) is 9.80. The molecule has 6 heteroatoms. The number of carboxylic acid groups (broad SMARTS) is 1. The van der Waals surface area contributed by atoms with Crippen molar-refractivity contribution in [3.63, 3.8) is 0 Å². The summed E-state index contributed by atoms with van der Waals surface area (Å²) in [7, 11) is 0. The van der Waals surface area contributed by atoms with E-state index in [1.54, 1.807) is 15.8 Å². The lowest BCUT2D eigenvalue weighted by Gasteiger charge is -2.30. The van der Waals surface area contributed by atoms with Gasteiger partial charge in [0.1, 0.15) is 5.69 Å². The second-order valence-corrected chi connectivity index (χ2v) is 7.37. The van der Waals surface area contributed by atoms with Crippen LogP contribution in [0.4, 0.5) is 0 Å². The maximum Gasteiger partial charge on any atom is 0.308 e. The SMILES string of the molecule is O=C(O)[C@H]1CCCN(C(=O)c2cn(Cc3ccccc3)nc2-c2ccccc2)C1. The first-order valence-corrected chi connectivity index (χ1v) is 9.80. The number of rotatable bonds is 5. The molecule has 1 N–H and O–H groups in total. The van der Waals surface area contributed by atoms with Crippen LogP contribution in [0.25, 0.3) is 11.3 Å². The fraction of sp³-hybridized carbons (Fsp3) is 0.261. The molecule has 6 nitrogen and oxygen atoms in total.